The average molecular weight is 409 g/mol. The molecule has 0 saturated carbocycles. The monoisotopic (exact) mass is 408 g/mol. The minimum Gasteiger partial charge on any atom is -0.492 e. The lowest BCUT2D eigenvalue weighted by Gasteiger charge is -2.24. The summed E-state index contributed by atoms with van der Waals surface area (Å²) in [5, 5.41) is 12.1. The molecule has 1 rings (SSSR count). The number of hydrogen-bond acceptors (Lipinski definition) is 4. The van der Waals surface area contributed by atoms with Crippen LogP contribution >= 0.6 is 0 Å². The Morgan fingerprint density at radius 1 is 1.14 bits per heavy atom. The van der Waals surface area contributed by atoms with Gasteiger partial charge in [-0.2, -0.15) is 0 Å². The minimum absolute atomic E-state index is 0.0536. The maximum Gasteiger partial charge on any atom is 0.333 e. The van der Waals surface area contributed by atoms with Crippen molar-refractivity contribution < 1.29 is 24.2 Å². The number of carbonyl (C=O) groups excluding carboxylic acids is 1. The van der Waals surface area contributed by atoms with Gasteiger partial charge in [-0.15, -0.1) is 0 Å². The second-order valence-electron chi connectivity index (χ2n) is 7.38. The quantitative estimate of drug-likeness (QED) is 0.491. The Morgan fingerprint density at radius 2 is 1.83 bits per heavy atom. The molecule has 0 aromatic heterocycles. The molecule has 0 aliphatic heterocycles. The maximum absolute atomic E-state index is 12.3. The molecule has 2 amide bonds. The lowest BCUT2D eigenvalue weighted by molar-refractivity contribution is -0.149. The number of benzene rings is 1. The molecule has 0 fully saturated rings. The van der Waals surface area contributed by atoms with E-state index < -0.39 is 12.1 Å². The fourth-order valence-corrected chi connectivity index (χ4v) is 2.70. The molecule has 0 heterocycles. The van der Waals surface area contributed by atoms with Gasteiger partial charge in [0.15, 0.2) is 6.10 Å². The topological polar surface area (TPSA) is 88.1 Å². The van der Waals surface area contributed by atoms with Gasteiger partial charge < -0.3 is 24.8 Å². The van der Waals surface area contributed by atoms with Gasteiger partial charge >= 0.3 is 12.0 Å². The first-order valence-electron chi connectivity index (χ1n) is 10.5. The first-order chi connectivity index (χ1) is 13.9. The number of carboxylic acids is 1. The fraction of sp³-hybridized carbons (Fsp3) is 0.636. The lowest BCUT2D eigenvalue weighted by Crippen LogP contribution is -2.43. The lowest BCUT2D eigenvalue weighted by atomic mass is 10.1. The number of urea groups is 1. The Hall–Kier alpha value is -2.28. The molecule has 29 heavy (non-hydrogen) atoms. The van der Waals surface area contributed by atoms with E-state index in [2.05, 4.69) is 19.2 Å². The first kappa shape index (κ1) is 24.8. The Balaban J connectivity index is 2.54. The molecule has 0 aliphatic rings. The second kappa shape index (κ2) is 13.8. The minimum atomic E-state index is -0.963. The van der Waals surface area contributed by atoms with Crippen molar-refractivity contribution in [1.29, 1.82) is 0 Å². The molecule has 0 saturated heterocycles. The summed E-state index contributed by atoms with van der Waals surface area (Å²) in [5.74, 6) is 0.251. The van der Waals surface area contributed by atoms with E-state index in [1.54, 1.807) is 11.8 Å². The van der Waals surface area contributed by atoms with Crippen LogP contribution in [-0.2, 0) is 16.0 Å². The van der Waals surface area contributed by atoms with Crippen LogP contribution in [-0.4, -0.2) is 61.0 Å². The van der Waals surface area contributed by atoms with Gasteiger partial charge in [0.1, 0.15) is 12.4 Å². The molecule has 164 valence electrons. The second-order valence-corrected chi connectivity index (χ2v) is 7.38. The van der Waals surface area contributed by atoms with Crippen molar-refractivity contribution in [2.45, 2.75) is 53.1 Å². The molecule has 2 N–H and O–H groups in total. The van der Waals surface area contributed by atoms with E-state index in [-0.39, 0.29) is 6.03 Å². The van der Waals surface area contributed by atoms with E-state index in [1.165, 1.54) is 0 Å². The van der Waals surface area contributed by atoms with Gasteiger partial charge in [-0.1, -0.05) is 32.9 Å². The van der Waals surface area contributed by atoms with Gasteiger partial charge in [0.2, 0.25) is 0 Å². The van der Waals surface area contributed by atoms with Crippen molar-refractivity contribution in [1.82, 2.24) is 10.2 Å². The predicted molar refractivity (Wildman–Crippen MR) is 113 cm³/mol. The van der Waals surface area contributed by atoms with Crippen LogP contribution in [0.15, 0.2) is 24.3 Å². The highest BCUT2D eigenvalue weighted by Gasteiger charge is 2.18. The van der Waals surface area contributed by atoms with Crippen molar-refractivity contribution in [3.63, 3.8) is 0 Å². The maximum atomic E-state index is 12.3. The fourth-order valence-electron chi connectivity index (χ4n) is 2.70. The Morgan fingerprint density at radius 3 is 2.38 bits per heavy atom. The number of amides is 2. The van der Waals surface area contributed by atoms with Crippen molar-refractivity contribution >= 4 is 12.0 Å². The summed E-state index contributed by atoms with van der Waals surface area (Å²) in [5.41, 5.74) is 0.871. The molecule has 1 aromatic rings. The Labute approximate surface area is 174 Å². The van der Waals surface area contributed by atoms with Crippen LogP contribution in [0.3, 0.4) is 0 Å². The smallest absolute Gasteiger partial charge is 0.333 e. The van der Waals surface area contributed by atoms with Crippen LogP contribution < -0.4 is 10.1 Å². The van der Waals surface area contributed by atoms with Crippen LogP contribution in [0.2, 0.25) is 0 Å². The summed E-state index contributed by atoms with van der Waals surface area (Å²) >= 11 is 0. The number of hydrogen-bond donors (Lipinski definition) is 2. The summed E-state index contributed by atoms with van der Waals surface area (Å²) in [7, 11) is 0. The van der Waals surface area contributed by atoms with Crippen LogP contribution in [0.25, 0.3) is 0 Å². The molecule has 0 bridgehead atoms. The standard InChI is InChI=1S/C22H36N2O5/c1-5-12-23-22(27)24(13-11-17(3)4)14-15-29-19-9-7-18(8-10-19)16-20(21(25)26)28-6-2/h7-10,17,20H,5-6,11-16H2,1-4H3,(H,23,27)(H,25,26). The van der Waals surface area contributed by atoms with E-state index >= 15 is 0 Å². The van der Waals surface area contributed by atoms with E-state index in [0.29, 0.717) is 50.9 Å². The molecule has 0 spiro atoms. The van der Waals surface area contributed by atoms with Crippen molar-refractivity contribution in [3.05, 3.63) is 29.8 Å². The highest BCUT2D eigenvalue weighted by molar-refractivity contribution is 5.74. The highest BCUT2D eigenvalue weighted by atomic mass is 16.5. The van der Waals surface area contributed by atoms with E-state index in [9.17, 15) is 14.7 Å². The summed E-state index contributed by atoms with van der Waals surface area (Å²) in [6.07, 6.45) is 1.31. The number of carboxylic acid groups (broad SMARTS) is 1. The van der Waals surface area contributed by atoms with Crippen LogP contribution in [0.5, 0.6) is 5.75 Å². The SMILES string of the molecule is CCCNC(=O)N(CCOc1ccc(CC(OCC)C(=O)O)cc1)CCC(C)C. The summed E-state index contributed by atoms with van der Waals surface area (Å²) in [4.78, 5) is 25.3. The van der Waals surface area contributed by atoms with Crippen LogP contribution in [0.1, 0.15) is 46.1 Å². The summed E-state index contributed by atoms with van der Waals surface area (Å²) < 4.78 is 11.0. The third kappa shape index (κ3) is 10.2. The largest absolute Gasteiger partial charge is 0.492 e. The van der Waals surface area contributed by atoms with Gasteiger partial charge in [-0.3, -0.25) is 0 Å². The van der Waals surface area contributed by atoms with Gasteiger partial charge in [-0.05, 0) is 43.4 Å². The average Bonchev–Trinajstić information content (AvgIpc) is 2.69. The molecule has 1 atom stereocenters. The normalized spacial score (nSPS) is 11.9. The zero-order valence-corrected chi connectivity index (χ0v) is 18.1. The zero-order chi connectivity index (χ0) is 21.6. The first-order valence-corrected chi connectivity index (χ1v) is 10.5. The van der Waals surface area contributed by atoms with E-state index in [1.807, 2.05) is 31.2 Å². The molecule has 0 aliphatic carbocycles. The number of rotatable bonds is 14. The van der Waals surface area contributed by atoms with Crippen molar-refractivity contribution in [3.8, 4) is 5.75 Å². The van der Waals surface area contributed by atoms with Crippen LogP contribution in [0.4, 0.5) is 4.79 Å². The Kier molecular flexibility index (Phi) is 11.8. The number of nitrogens with zero attached hydrogens (tertiary/aromatic N) is 1. The zero-order valence-electron chi connectivity index (χ0n) is 18.1. The van der Waals surface area contributed by atoms with Crippen molar-refractivity contribution in [2.24, 2.45) is 5.92 Å². The van der Waals surface area contributed by atoms with Gasteiger partial charge in [0.05, 0.1) is 6.54 Å². The predicted octanol–water partition coefficient (Wildman–Crippen LogP) is 3.57. The van der Waals surface area contributed by atoms with Crippen LogP contribution in [0, 0.1) is 5.92 Å². The van der Waals surface area contributed by atoms with E-state index in [4.69, 9.17) is 9.47 Å². The van der Waals surface area contributed by atoms with Gasteiger partial charge in [0, 0.05) is 26.1 Å². The Bertz CT molecular complexity index is 604. The molecule has 1 aromatic carbocycles. The molecule has 1 unspecified atom stereocenters. The molecular formula is C22H36N2O5. The summed E-state index contributed by atoms with van der Waals surface area (Å²) in [6.45, 7) is 10.7. The molecule has 0 radical (unpaired) electrons. The molecular weight excluding hydrogens is 372 g/mol. The number of aliphatic carboxylic acids is 1. The number of carbonyl (C=O) groups is 2. The van der Waals surface area contributed by atoms with Gasteiger partial charge in [-0.25, -0.2) is 9.59 Å². The third-order valence-corrected chi connectivity index (χ3v) is 4.41. The third-order valence-electron chi connectivity index (χ3n) is 4.41. The molecule has 7 heteroatoms. The number of ether oxygens (including phenoxy) is 2. The van der Waals surface area contributed by atoms with Gasteiger partial charge in [0.25, 0.3) is 0 Å². The van der Waals surface area contributed by atoms with E-state index in [0.717, 1.165) is 18.4 Å². The summed E-state index contributed by atoms with van der Waals surface area (Å²) in [6, 6.07) is 7.26. The molecule has 7 nitrogen and oxygen atoms in total. The van der Waals surface area contributed by atoms with Crippen molar-refractivity contribution in [2.75, 3.05) is 32.8 Å². The highest BCUT2D eigenvalue weighted by Crippen LogP contribution is 2.15. The number of nitrogens with one attached hydrogen (secondary N) is 1.